The van der Waals surface area contributed by atoms with Crippen molar-refractivity contribution in [3.63, 3.8) is 0 Å². The molecule has 0 atom stereocenters. The number of carbonyl (C=O) groups is 1. The molecule has 27 heavy (non-hydrogen) atoms. The average molecular weight is 368 g/mol. The molecule has 0 spiro atoms. The highest BCUT2D eigenvalue weighted by Crippen LogP contribution is 2.37. The van der Waals surface area contributed by atoms with Crippen molar-refractivity contribution in [3.05, 3.63) is 58.8 Å². The lowest BCUT2D eigenvalue weighted by Gasteiger charge is -2.18. The summed E-state index contributed by atoms with van der Waals surface area (Å²) in [6.07, 6.45) is 1.19. The molecule has 2 aromatic carbocycles. The minimum atomic E-state index is -4.39. The van der Waals surface area contributed by atoms with Crippen molar-refractivity contribution in [1.29, 1.82) is 0 Å². The average Bonchev–Trinajstić information content (AvgIpc) is 2.94. The fourth-order valence-corrected chi connectivity index (χ4v) is 3.68. The number of rotatable bonds is 1. The van der Waals surface area contributed by atoms with Crippen LogP contribution in [0.1, 0.15) is 27.2 Å². The molecule has 1 N–H and O–H groups in total. The lowest BCUT2D eigenvalue weighted by Crippen LogP contribution is -2.35. The number of nitrogens with one attached hydrogen (secondary N) is 1. The highest BCUT2D eigenvalue weighted by molar-refractivity contribution is 6.06. The van der Waals surface area contributed by atoms with Crippen molar-refractivity contribution in [2.75, 3.05) is 6.54 Å². The maximum atomic E-state index is 12.9. The zero-order chi connectivity index (χ0) is 19.3. The Morgan fingerprint density at radius 1 is 1.19 bits per heavy atom. The number of amides is 1. The highest BCUT2D eigenvalue weighted by Gasteiger charge is 2.30. The molecule has 1 aliphatic rings. The van der Waals surface area contributed by atoms with E-state index in [-0.39, 0.29) is 5.91 Å². The van der Waals surface area contributed by atoms with Gasteiger partial charge in [-0.1, -0.05) is 18.1 Å². The van der Waals surface area contributed by atoms with Gasteiger partial charge in [-0.3, -0.25) is 4.79 Å². The van der Waals surface area contributed by atoms with Crippen molar-refractivity contribution in [1.82, 2.24) is 9.88 Å². The zero-order valence-electron chi connectivity index (χ0n) is 14.4. The fraction of sp³-hybridized carbons (Fsp3) is 0.190. The topological polar surface area (TPSA) is 34.0 Å². The number of carbonyl (C=O) groups excluding carboxylic acids is 1. The van der Waals surface area contributed by atoms with E-state index in [1.165, 1.54) is 12.1 Å². The molecule has 2 heterocycles. The molecule has 0 aliphatic carbocycles. The van der Waals surface area contributed by atoms with Gasteiger partial charge in [0.1, 0.15) is 5.69 Å². The number of hydrogen-bond donors (Lipinski definition) is 1. The minimum Gasteiger partial charge on any atom is -0.349 e. The number of nitrogens with zero attached hydrogens (tertiary/aromatic N) is 1. The summed E-state index contributed by atoms with van der Waals surface area (Å²) < 4.78 is 40.6. The maximum Gasteiger partial charge on any atom is 0.416 e. The Hall–Kier alpha value is -3.20. The third-order valence-corrected chi connectivity index (χ3v) is 4.93. The Morgan fingerprint density at radius 2 is 1.89 bits per heavy atom. The van der Waals surface area contributed by atoms with Crippen LogP contribution in [0.25, 0.3) is 22.0 Å². The number of terminal acetylenes is 1. The summed E-state index contributed by atoms with van der Waals surface area (Å²) in [5.41, 5.74) is 3.45. The molecular weight excluding hydrogens is 353 g/mol. The van der Waals surface area contributed by atoms with E-state index in [1.807, 2.05) is 17.6 Å². The SMILES string of the molecule is C#Cc1cc(-c2ccc(C(F)(F)F)cc2)c2c(c1)c(C)c1n2CCNC1=O. The molecule has 3 aromatic rings. The first kappa shape index (κ1) is 17.2. The van der Waals surface area contributed by atoms with Crippen molar-refractivity contribution < 1.29 is 18.0 Å². The van der Waals surface area contributed by atoms with Gasteiger partial charge in [0, 0.05) is 29.6 Å². The summed E-state index contributed by atoms with van der Waals surface area (Å²) in [7, 11) is 0. The van der Waals surface area contributed by atoms with Crippen LogP contribution in [0.4, 0.5) is 13.2 Å². The highest BCUT2D eigenvalue weighted by atomic mass is 19.4. The first-order chi connectivity index (χ1) is 12.8. The molecule has 0 saturated heterocycles. The van der Waals surface area contributed by atoms with Gasteiger partial charge in [0.2, 0.25) is 0 Å². The third-order valence-electron chi connectivity index (χ3n) is 4.93. The smallest absolute Gasteiger partial charge is 0.349 e. The van der Waals surface area contributed by atoms with E-state index >= 15 is 0 Å². The molecule has 0 unspecified atom stereocenters. The summed E-state index contributed by atoms with van der Waals surface area (Å²) >= 11 is 0. The van der Waals surface area contributed by atoms with Crippen LogP contribution in [0.5, 0.6) is 0 Å². The Labute approximate surface area is 153 Å². The molecular formula is C21H15F3N2O. The first-order valence-corrected chi connectivity index (χ1v) is 8.40. The number of benzene rings is 2. The van der Waals surface area contributed by atoms with Gasteiger partial charge in [-0.15, -0.1) is 6.42 Å². The summed E-state index contributed by atoms with van der Waals surface area (Å²) in [5, 5.41) is 3.67. The number of halogens is 3. The van der Waals surface area contributed by atoms with E-state index in [2.05, 4.69) is 11.2 Å². The summed E-state index contributed by atoms with van der Waals surface area (Å²) in [4.78, 5) is 12.3. The van der Waals surface area contributed by atoms with Crippen LogP contribution in [0.15, 0.2) is 36.4 Å². The molecule has 1 aromatic heterocycles. The molecule has 6 heteroatoms. The molecule has 1 aliphatic heterocycles. The van der Waals surface area contributed by atoms with E-state index in [9.17, 15) is 18.0 Å². The van der Waals surface area contributed by atoms with Crippen LogP contribution in [0, 0.1) is 19.3 Å². The van der Waals surface area contributed by atoms with Gasteiger partial charge in [0.15, 0.2) is 0 Å². The third kappa shape index (κ3) is 2.67. The predicted octanol–water partition coefficient (Wildman–Crippen LogP) is 4.36. The second kappa shape index (κ2) is 5.92. The van der Waals surface area contributed by atoms with Gasteiger partial charge in [-0.25, -0.2) is 0 Å². The van der Waals surface area contributed by atoms with Gasteiger partial charge < -0.3 is 9.88 Å². The molecule has 1 amide bonds. The van der Waals surface area contributed by atoms with Crippen LogP contribution in [-0.4, -0.2) is 17.0 Å². The standard InChI is InChI=1S/C21H15F3N2O/c1-3-13-10-16-12(2)18-20(27)25-8-9-26(18)19(16)17(11-13)14-4-6-15(7-5-14)21(22,23)24/h1,4-7,10-11H,8-9H2,2H3,(H,25,27). The Bertz CT molecular complexity index is 1120. The van der Waals surface area contributed by atoms with Gasteiger partial charge >= 0.3 is 6.18 Å². The number of fused-ring (bicyclic) bond motifs is 3. The number of aromatic nitrogens is 1. The normalized spacial score (nSPS) is 14.0. The molecule has 0 radical (unpaired) electrons. The molecule has 0 saturated carbocycles. The zero-order valence-corrected chi connectivity index (χ0v) is 14.4. The van der Waals surface area contributed by atoms with Gasteiger partial charge in [0.25, 0.3) is 5.91 Å². The van der Waals surface area contributed by atoms with Crippen molar-refractivity contribution in [3.8, 4) is 23.5 Å². The predicted molar refractivity (Wildman–Crippen MR) is 97.4 cm³/mol. The summed E-state index contributed by atoms with van der Waals surface area (Å²) in [5.74, 6) is 2.44. The van der Waals surface area contributed by atoms with Crippen molar-refractivity contribution in [2.45, 2.75) is 19.6 Å². The van der Waals surface area contributed by atoms with Crippen LogP contribution < -0.4 is 5.32 Å². The van der Waals surface area contributed by atoms with Crippen molar-refractivity contribution in [2.24, 2.45) is 0 Å². The quantitative estimate of drug-likeness (QED) is 0.637. The van der Waals surface area contributed by atoms with E-state index < -0.39 is 11.7 Å². The van der Waals surface area contributed by atoms with E-state index in [1.54, 1.807) is 6.07 Å². The number of hydrogen-bond acceptors (Lipinski definition) is 1. The summed E-state index contributed by atoms with van der Waals surface area (Å²) in [6, 6.07) is 8.62. The fourth-order valence-electron chi connectivity index (χ4n) is 3.68. The summed E-state index contributed by atoms with van der Waals surface area (Å²) in [6.45, 7) is 2.95. The maximum absolute atomic E-state index is 12.9. The lowest BCUT2D eigenvalue weighted by atomic mass is 9.97. The first-order valence-electron chi connectivity index (χ1n) is 8.40. The molecule has 0 bridgehead atoms. The Morgan fingerprint density at radius 3 is 2.52 bits per heavy atom. The van der Waals surface area contributed by atoms with Crippen molar-refractivity contribution >= 4 is 16.8 Å². The molecule has 0 fully saturated rings. The van der Waals surface area contributed by atoms with E-state index in [4.69, 9.17) is 6.42 Å². The number of aryl methyl sites for hydroxylation is 1. The molecule has 136 valence electrons. The van der Waals surface area contributed by atoms with Gasteiger partial charge in [-0.2, -0.15) is 13.2 Å². The Balaban J connectivity index is 2.02. The number of alkyl halides is 3. The second-order valence-corrected chi connectivity index (χ2v) is 6.52. The Kier molecular flexibility index (Phi) is 3.77. The molecule has 4 rings (SSSR count). The lowest BCUT2D eigenvalue weighted by molar-refractivity contribution is -0.137. The second-order valence-electron chi connectivity index (χ2n) is 6.52. The van der Waals surface area contributed by atoms with E-state index in [0.29, 0.717) is 29.9 Å². The van der Waals surface area contributed by atoms with Gasteiger partial charge in [-0.05, 0) is 42.3 Å². The van der Waals surface area contributed by atoms with Crippen LogP contribution in [0.3, 0.4) is 0 Å². The minimum absolute atomic E-state index is 0.157. The monoisotopic (exact) mass is 368 g/mol. The largest absolute Gasteiger partial charge is 0.416 e. The van der Waals surface area contributed by atoms with E-state index in [0.717, 1.165) is 34.2 Å². The van der Waals surface area contributed by atoms with Crippen LogP contribution in [0.2, 0.25) is 0 Å². The molecule has 3 nitrogen and oxygen atoms in total. The van der Waals surface area contributed by atoms with Gasteiger partial charge in [0.05, 0.1) is 11.1 Å². The van der Waals surface area contributed by atoms with Crippen LogP contribution >= 0.6 is 0 Å². The van der Waals surface area contributed by atoms with Crippen LogP contribution in [-0.2, 0) is 12.7 Å².